The monoisotopic (exact) mass is 365 g/mol. The summed E-state index contributed by atoms with van der Waals surface area (Å²) in [5.41, 5.74) is 3.29. The molecule has 0 unspecified atom stereocenters. The van der Waals surface area contributed by atoms with Gasteiger partial charge < -0.3 is 15.4 Å². The van der Waals surface area contributed by atoms with Crippen molar-refractivity contribution in [2.75, 3.05) is 25.5 Å². The first kappa shape index (κ1) is 17.4. The number of nitrogens with zero attached hydrogens (tertiary/aromatic N) is 5. The number of hydrogen-bond donors (Lipinski definition) is 2. The fourth-order valence-corrected chi connectivity index (χ4v) is 3.24. The summed E-state index contributed by atoms with van der Waals surface area (Å²) in [4.78, 5) is 4.60. The zero-order chi connectivity index (χ0) is 18.6. The molecule has 0 saturated carbocycles. The first-order valence-corrected chi connectivity index (χ1v) is 9.08. The molecule has 1 aliphatic rings. The van der Waals surface area contributed by atoms with Gasteiger partial charge in [-0.3, -0.25) is 4.68 Å². The average Bonchev–Trinajstić information content (AvgIpc) is 3.15. The molecule has 0 radical (unpaired) electrons. The molecule has 4 heterocycles. The van der Waals surface area contributed by atoms with E-state index < -0.39 is 0 Å². The minimum absolute atomic E-state index is 0.448. The van der Waals surface area contributed by atoms with Crippen LogP contribution in [0.25, 0.3) is 22.5 Å². The highest BCUT2D eigenvalue weighted by molar-refractivity contribution is 5.70. The Morgan fingerprint density at radius 1 is 1.11 bits per heavy atom. The standard InChI is InChI=1S/C19H23N7O/c1-26-12-13(11-21-26)15-3-4-16(23-19(15)27-2)17-5-6-18(25-24-17)22-14-7-9-20-10-8-14/h3-6,11-12,14,20H,7-10H2,1-2H3,(H,22,25). The SMILES string of the molecule is COc1nc(-c2ccc(NC3CCNCC3)nn2)ccc1-c1cnn(C)c1. The molecule has 27 heavy (non-hydrogen) atoms. The number of aryl methyl sites for hydroxylation is 1. The van der Waals surface area contributed by atoms with Crippen LogP contribution in [0.4, 0.5) is 5.82 Å². The lowest BCUT2D eigenvalue weighted by Gasteiger charge is -2.23. The molecule has 3 aromatic heterocycles. The molecule has 3 aromatic rings. The molecule has 8 nitrogen and oxygen atoms in total. The minimum atomic E-state index is 0.448. The summed E-state index contributed by atoms with van der Waals surface area (Å²) in [6.45, 7) is 2.08. The number of methoxy groups -OCH3 is 1. The fourth-order valence-electron chi connectivity index (χ4n) is 3.24. The van der Waals surface area contributed by atoms with E-state index in [2.05, 4.69) is 30.9 Å². The highest BCUT2D eigenvalue weighted by Crippen LogP contribution is 2.30. The van der Waals surface area contributed by atoms with Crippen molar-refractivity contribution >= 4 is 5.82 Å². The molecule has 0 atom stereocenters. The van der Waals surface area contributed by atoms with E-state index in [9.17, 15) is 0 Å². The van der Waals surface area contributed by atoms with Gasteiger partial charge in [-0.25, -0.2) is 4.98 Å². The summed E-state index contributed by atoms with van der Waals surface area (Å²) < 4.78 is 7.23. The maximum absolute atomic E-state index is 5.48. The fraction of sp³-hybridized carbons (Fsp3) is 0.368. The smallest absolute Gasteiger partial charge is 0.221 e. The second-order valence-electron chi connectivity index (χ2n) is 6.63. The molecular formula is C19H23N7O. The van der Waals surface area contributed by atoms with Crippen molar-refractivity contribution in [3.63, 3.8) is 0 Å². The molecule has 140 valence electrons. The van der Waals surface area contributed by atoms with E-state index in [1.807, 2.05) is 37.5 Å². The third-order valence-corrected chi connectivity index (χ3v) is 4.69. The number of aromatic nitrogens is 5. The van der Waals surface area contributed by atoms with E-state index in [4.69, 9.17) is 4.74 Å². The van der Waals surface area contributed by atoms with Crippen LogP contribution in [0.3, 0.4) is 0 Å². The van der Waals surface area contributed by atoms with Gasteiger partial charge in [0.15, 0.2) is 0 Å². The lowest BCUT2D eigenvalue weighted by Crippen LogP contribution is -2.35. The zero-order valence-corrected chi connectivity index (χ0v) is 15.5. The zero-order valence-electron chi connectivity index (χ0n) is 15.5. The van der Waals surface area contributed by atoms with Gasteiger partial charge in [-0.05, 0) is 50.2 Å². The topological polar surface area (TPSA) is 89.8 Å². The van der Waals surface area contributed by atoms with Crippen LogP contribution in [0.1, 0.15) is 12.8 Å². The second kappa shape index (κ2) is 7.71. The van der Waals surface area contributed by atoms with Gasteiger partial charge in [0, 0.05) is 30.4 Å². The highest BCUT2D eigenvalue weighted by Gasteiger charge is 2.15. The van der Waals surface area contributed by atoms with Crippen LogP contribution in [0.15, 0.2) is 36.7 Å². The van der Waals surface area contributed by atoms with Gasteiger partial charge in [0.25, 0.3) is 0 Å². The van der Waals surface area contributed by atoms with Gasteiger partial charge in [0.05, 0.1) is 19.0 Å². The van der Waals surface area contributed by atoms with Crippen molar-refractivity contribution < 1.29 is 4.74 Å². The van der Waals surface area contributed by atoms with E-state index in [1.54, 1.807) is 18.0 Å². The summed E-state index contributed by atoms with van der Waals surface area (Å²) in [6, 6.07) is 8.23. The van der Waals surface area contributed by atoms with E-state index in [0.29, 0.717) is 17.6 Å². The number of rotatable bonds is 5. The average molecular weight is 365 g/mol. The molecule has 1 fully saturated rings. The molecule has 1 aliphatic heterocycles. The summed E-state index contributed by atoms with van der Waals surface area (Å²) in [6.07, 6.45) is 5.91. The van der Waals surface area contributed by atoms with Gasteiger partial charge in [0.1, 0.15) is 11.5 Å². The Hall–Kier alpha value is -3.00. The van der Waals surface area contributed by atoms with E-state index in [-0.39, 0.29) is 0 Å². The third kappa shape index (κ3) is 3.90. The van der Waals surface area contributed by atoms with Crippen LogP contribution in [-0.4, -0.2) is 51.2 Å². The summed E-state index contributed by atoms with van der Waals surface area (Å²) >= 11 is 0. The number of nitrogens with one attached hydrogen (secondary N) is 2. The Balaban J connectivity index is 1.54. The first-order chi connectivity index (χ1) is 13.2. The van der Waals surface area contributed by atoms with Crippen molar-refractivity contribution in [1.82, 2.24) is 30.3 Å². The highest BCUT2D eigenvalue weighted by atomic mass is 16.5. The van der Waals surface area contributed by atoms with Crippen LogP contribution < -0.4 is 15.4 Å². The lowest BCUT2D eigenvalue weighted by molar-refractivity contribution is 0.400. The molecule has 2 N–H and O–H groups in total. The van der Waals surface area contributed by atoms with Gasteiger partial charge in [-0.1, -0.05) is 0 Å². The summed E-state index contributed by atoms with van der Waals surface area (Å²) in [5, 5.41) is 19.7. The van der Waals surface area contributed by atoms with Crippen LogP contribution in [0, 0.1) is 0 Å². The van der Waals surface area contributed by atoms with Crippen LogP contribution in [-0.2, 0) is 7.05 Å². The lowest BCUT2D eigenvalue weighted by atomic mass is 10.1. The number of hydrogen-bond acceptors (Lipinski definition) is 7. The van der Waals surface area contributed by atoms with E-state index in [1.165, 1.54) is 0 Å². The minimum Gasteiger partial charge on any atom is -0.481 e. The molecular weight excluding hydrogens is 342 g/mol. The second-order valence-corrected chi connectivity index (χ2v) is 6.63. The molecule has 0 amide bonds. The normalized spacial score (nSPS) is 14.9. The largest absolute Gasteiger partial charge is 0.481 e. The van der Waals surface area contributed by atoms with Crippen LogP contribution >= 0.6 is 0 Å². The Kier molecular flexibility index (Phi) is 4.97. The van der Waals surface area contributed by atoms with Crippen molar-refractivity contribution in [3.05, 3.63) is 36.7 Å². The predicted molar refractivity (Wildman–Crippen MR) is 104 cm³/mol. The van der Waals surface area contributed by atoms with Gasteiger partial charge in [-0.2, -0.15) is 5.10 Å². The molecule has 0 aliphatic carbocycles. The summed E-state index contributed by atoms with van der Waals surface area (Å²) in [7, 11) is 3.50. The van der Waals surface area contributed by atoms with Crippen molar-refractivity contribution in [1.29, 1.82) is 0 Å². The molecule has 1 saturated heterocycles. The number of anilines is 1. The van der Waals surface area contributed by atoms with Crippen LogP contribution in [0.2, 0.25) is 0 Å². The van der Waals surface area contributed by atoms with Crippen molar-refractivity contribution in [2.24, 2.45) is 7.05 Å². The number of ether oxygens (including phenoxy) is 1. The maximum atomic E-state index is 5.48. The number of pyridine rings is 1. The van der Waals surface area contributed by atoms with Gasteiger partial charge in [-0.15, -0.1) is 10.2 Å². The quantitative estimate of drug-likeness (QED) is 0.716. The molecule has 0 spiro atoms. The van der Waals surface area contributed by atoms with Crippen molar-refractivity contribution in [3.8, 4) is 28.4 Å². The van der Waals surface area contributed by atoms with E-state index in [0.717, 1.165) is 48.6 Å². The predicted octanol–water partition coefficient (Wildman–Crippen LogP) is 2.11. The molecule has 0 bridgehead atoms. The maximum Gasteiger partial charge on any atom is 0.221 e. The van der Waals surface area contributed by atoms with Gasteiger partial charge in [0.2, 0.25) is 5.88 Å². The van der Waals surface area contributed by atoms with Crippen LogP contribution in [0.5, 0.6) is 5.88 Å². The summed E-state index contributed by atoms with van der Waals surface area (Å²) in [5.74, 6) is 1.34. The first-order valence-electron chi connectivity index (χ1n) is 9.08. The molecule has 8 heteroatoms. The van der Waals surface area contributed by atoms with Gasteiger partial charge >= 0.3 is 0 Å². The molecule has 4 rings (SSSR count). The Labute approximate surface area is 158 Å². The Bertz CT molecular complexity index is 901. The Morgan fingerprint density at radius 2 is 1.93 bits per heavy atom. The Morgan fingerprint density at radius 3 is 2.59 bits per heavy atom. The third-order valence-electron chi connectivity index (χ3n) is 4.69. The number of piperidine rings is 1. The molecule has 0 aromatic carbocycles. The van der Waals surface area contributed by atoms with E-state index >= 15 is 0 Å². The van der Waals surface area contributed by atoms with Crippen molar-refractivity contribution in [2.45, 2.75) is 18.9 Å².